The van der Waals surface area contributed by atoms with Gasteiger partial charge in [0.1, 0.15) is 6.42 Å². The molecule has 0 saturated carbocycles. The molecule has 2 aromatic carbocycles. The number of amides is 2. The number of anilines is 2. The molecule has 0 aliphatic rings. The molecule has 27 heavy (non-hydrogen) atoms. The summed E-state index contributed by atoms with van der Waals surface area (Å²) in [5.74, 6) is -1.67. The number of nitriles is 2. The minimum Gasteiger partial charge on any atom is -0.452 e. The molecular weight excluding hydrogens is 348 g/mol. The maximum Gasteiger partial charge on any atom is 0.338 e. The second-order valence-corrected chi connectivity index (χ2v) is 5.27. The van der Waals surface area contributed by atoms with Gasteiger partial charge in [-0.2, -0.15) is 10.5 Å². The van der Waals surface area contributed by atoms with Crippen LogP contribution in [0.3, 0.4) is 0 Å². The molecular formula is C19H14N4O4. The van der Waals surface area contributed by atoms with Crippen molar-refractivity contribution in [3.8, 4) is 12.1 Å². The van der Waals surface area contributed by atoms with E-state index in [-0.39, 0.29) is 12.0 Å². The summed E-state index contributed by atoms with van der Waals surface area (Å²) in [6.07, 6.45) is -0.266. The number of esters is 1. The Morgan fingerprint density at radius 2 is 1.41 bits per heavy atom. The summed E-state index contributed by atoms with van der Waals surface area (Å²) < 4.78 is 4.93. The van der Waals surface area contributed by atoms with Gasteiger partial charge >= 0.3 is 5.97 Å². The van der Waals surface area contributed by atoms with E-state index in [0.29, 0.717) is 16.9 Å². The predicted molar refractivity (Wildman–Crippen MR) is 95.4 cm³/mol. The number of benzene rings is 2. The van der Waals surface area contributed by atoms with Gasteiger partial charge < -0.3 is 15.4 Å². The number of hydrogen-bond acceptors (Lipinski definition) is 6. The van der Waals surface area contributed by atoms with Gasteiger partial charge in [-0.1, -0.05) is 0 Å². The quantitative estimate of drug-likeness (QED) is 0.757. The average Bonchev–Trinajstić information content (AvgIpc) is 2.67. The molecule has 0 aromatic heterocycles. The third-order valence-electron chi connectivity index (χ3n) is 3.28. The highest BCUT2D eigenvalue weighted by Crippen LogP contribution is 2.12. The number of nitrogens with one attached hydrogen (secondary N) is 2. The van der Waals surface area contributed by atoms with E-state index >= 15 is 0 Å². The second-order valence-electron chi connectivity index (χ2n) is 5.27. The van der Waals surface area contributed by atoms with Crippen molar-refractivity contribution in [2.45, 2.75) is 6.42 Å². The molecule has 0 heterocycles. The van der Waals surface area contributed by atoms with Crippen LogP contribution in [0.25, 0.3) is 0 Å². The van der Waals surface area contributed by atoms with Gasteiger partial charge in [-0.05, 0) is 48.5 Å². The van der Waals surface area contributed by atoms with Crippen molar-refractivity contribution in [3.05, 3.63) is 59.7 Å². The van der Waals surface area contributed by atoms with Crippen LogP contribution in [0.2, 0.25) is 0 Å². The van der Waals surface area contributed by atoms with Gasteiger partial charge in [-0.25, -0.2) is 4.79 Å². The lowest BCUT2D eigenvalue weighted by Gasteiger charge is -2.07. The van der Waals surface area contributed by atoms with E-state index in [1.165, 1.54) is 24.3 Å². The highest BCUT2D eigenvalue weighted by Gasteiger charge is 2.11. The van der Waals surface area contributed by atoms with Crippen LogP contribution in [-0.2, 0) is 14.3 Å². The van der Waals surface area contributed by atoms with Crippen LogP contribution in [0.5, 0.6) is 0 Å². The molecule has 0 aliphatic carbocycles. The van der Waals surface area contributed by atoms with Crippen LogP contribution in [0, 0.1) is 22.7 Å². The Balaban J connectivity index is 1.84. The van der Waals surface area contributed by atoms with E-state index in [1.54, 1.807) is 30.3 Å². The zero-order valence-corrected chi connectivity index (χ0v) is 14.1. The molecule has 8 nitrogen and oxygen atoms in total. The van der Waals surface area contributed by atoms with Crippen molar-refractivity contribution < 1.29 is 19.1 Å². The van der Waals surface area contributed by atoms with Gasteiger partial charge in [-0.15, -0.1) is 0 Å². The first kappa shape index (κ1) is 19.2. The molecule has 0 unspecified atom stereocenters. The molecule has 2 amide bonds. The van der Waals surface area contributed by atoms with E-state index in [1.807, 2.05) is 6.07 Å². The summed E-state index contributed by atoms with van der Waals surface area (Å²) in [6, 6.07) is 15.8. The lowest BCUT2D eigenvalue weighted by atomic mass is 10.2. The third-order valence-corrected chi connectivity index (χ3v) is 3.28. The van der Waals surface area contributed by atoms with Crippen LogP contribution < -0.4 is 10.6 Å². The molecule has 0 atom stereocenters. The maximum atomic E-state index is 12.0. The van der Waals surface area contributed by atoms with E-state index in [0.717, 1.165) is 0 Å². The van der Waals surface area contributed by atoms with Crippen molar-refractivity contribution >= 4 is 29.2 Å². The lowest BCUT2D eigenvalue weighted by molar-refractivity contribution is -0.119. The van der Waals surface area contributed by atoms with Crippen LogP contribution in [-0.4, -0.2) is 24.4 Å². The summed E-state index contributed by atoms with van der Waals surface area (Å²) in [4.78, 5) is 35.1. The van der Waals surface area contributed by atoms with E-state index < -0.39 is 24.4 Å². The summed E-state index contributed by atoms with van der Waals surface area (Å²) in [7, 11) is 0. The van der Waals surface area contributed by atoms with Crippen molar-refractivity contribution in [1.29, 1.82) is 10.5 Å². The van der Waals surface area contributed by atoms with E-state index in [2.05, 4.69) is 10.6 Å². The SMILES string of the molecule is N#CCC(=O)Nc1ccc(C(=O)OCC(=O)Nc2ccc(C#N)cc2)cc1. The molecule has 2 aromatic rings. The predicted octanol–water partition coefficient (Wildman–Crippen LogP) is 2.21. The Bertz CT molecular complexity index is 922. The van der Waals surface area contributed by atoms with E-state index in [9.17, 15) is 14.4 Å². The molecule has 0 aliphatic heterocycles. The highest BCUT2D eigenvalue weighted by molar-refractivity contribution is 5.96. The zero-order chi connectivity index (χ0) is 19.6. The Kier molecular flexibility index (Phi) is 6.63. The molecule has 8 heteroatoms. The molecule has 0 spiro atoms. The van der Waals surface area contributed by atoms with Crippen molar-refractivity contribution in [3.63, 3.8) is 0 Å². The van der Waals surface area contributed by atoms with Crippen molar-refractivity contribution in [1.82, 2.24) is 0 Å². The first-order chi connectivity index (χ1) is 13.0. The first-order valence-corrected chi connectivity index (χ1v) is 7.76. The molecule has 0 radical (unpaired) electrons. The lowest BCUT2D eigenvalue weighted by Crippen LogP contribution is -2.21. The Morgan fingerprint density at radius 3 is 1.96 bits per heavy atom. The number of carbonyl (C=O) groups is 3. The zero-order valence-electron chi connectivity index (χ0n) is 14.1. The Hall–Kier alpha value is -4.17. The summed E-state index contributed by atoms with van der Waals surface area (Å²) in [5.41, 5.74) is 1.59. The van der Waals surface area contributed by atoms with Gasteiger partial charge in [0.25, 0.3) is 5.91 Å². The Labute approximate surface area is 155 Å². The number of nitrogens with zero attached hydrogens (tertiary/aromatic N) is 2. The topological polar surface area (TPSA) is 132 Å². The fourth-order valence-electron chi connectivity index (χ4n) is 2.01. The fourth-order valence-corrected chi connectivity index (χ4v) is 2.01. The second kappa shape index (κ2) is 9.35. The number of carbonyl (C=O) groups excluding carboxylic acids is 3. The number of hydrogen-bond donors (Lipinski definition) is 2. The largest absolute Gasteiger partial charge is 0.452 e. The van der Waals surface area contributed by atoms with Gasteiger partial charge in [0.2, 0.25) is 5.91 Å². The highest BCUT2D eigenvalue weighted by atomic mass is 16.5. The molecule has 0 saturated heterocycles. The standard InChI is InChI=1S/C19H14N4O4/c20-10-9-17(24)22-16-7-3-14(4-8-16)19(26)27-12-18(25)23-15-5-1-13(11-21)2-6-15/h1-8H,9,12H2,(H,22,24)(H,23,25). The molecule has 134 valence electrons. The van der Waals surface area contributed by atoms with Crippen LogP contribution in [0.1, 0.15) is 22.3 Å². The van der Waals surface area contributed by atoms with Crippen molar-refractivity contribution in [2.75, 3.05) is 17.2 Å². The van der Waals surface area contributed by atoms with Gasteiger partial charge in [-0.3, -0.25) is 9.59 Å². The summed E-state index contributed by atoms with van der Waals surface area (Å²) in [6.45, 7) is -0.473. The third kappa shape index (κ3) is 6.00. The smallest absolute Gasteiger partial charge is 0.338 e. The monoisotopic (exact) mass is 362 g/mol. The van der Waals surface area contributed by atoms with Crippen LogP contribution >= 0.6 is 0 Å². The molecule has 0 fully saturated rings. The molecule has 2 N–H and O–H groups in total. The van der Waals surface area contributed by atoms with Crippen molar-refractivity contribution in [2.24, 2.45) is 0 Å². The molecule has 2 rings (SSSR count). The first-order valence-electron chi connectivity index (χ1n) is 7.76. The van der Waals surface area contributed by atoms with Crippen LogP contribution in [0.4, 0.5) is 11.4 Å². The number of rotatable bonds is 6. The van der Waals surface area contributed by atoms with E-state index in [4.69, 9.17) is 15.3 Å². The summed E-state index contributed by atoms with van der Waals surface area (Å²) in [5, 5.41) is 22.2. The fraction of sp³-hybridized carbons (Fsp3) is 0.105. The summed E-state index contributed by atoms with van der Waals surface area (Å²) >= 11 is 0. The number of ether oxygens (including phenoxy) is 1. The minimum absolute atomic E-state index is 0.208. The Morgan fingerprint density at radius 1 is 0.852 bits per heavy atom. The van der Waals surface area contributed by atoms with Gasteiger partial charge in [0.15, 0.2) is 6.61 Å². The molecule has 0 bridgehead atoms. The normalized spacial score (nSPS) is 9.41. The average molecular weight is 362 g/mol. The minimum atomic E-state index is -0.695. The van der Waals surface area contributed by atoms with Gasteiger partial charge in [0.05, 0.1) is 23.3 Å². The van der Waals surface area contributed by atoms with Gasteiger partial charge in [0, 0.05) is 11.4 Å². The maximum absolute atomic E-state index is 12.0. The van der Waals surface area contributed by atoms with Crippen LogP contribution in [0.15, 0.2) is 48.5 Å².